The van der Waals surface area contributed by atoms with E-state index in [2.05, 4.69) is 10.5 Å². The molecule has 0 atom stereocenters. The second-order valence-corrected chi connectivity index (χ2v) is 8.22. The van der Waals surface area contributed by atoms with Crippen molar-refractivity contribution in [2.24, 2.45) is 5.10 Å². The molecule has 0 spiro atoms. The number of esters is 1. The number of hydrogen-bond acceptors (Lipinski definition) is 7. The Balaban J connectivity index is 1.54. The molecule has 1 heterocycles. The number of nitro benzene ring substituents is 1. The number of benzene rings is 2. The van der Waals surface area contributed by atoms with Gasteiger partial charge in [0.15, 0.2) is 0 Å². The molecule has 0 radical (unpaired) electrons. The molecule has 9 heteroatoms. The van der Waals surface area contributed by atoms with Crippen LogP contribution >= 0.6 is 0 Å². The van der Waals surface area contributed by atoms with Crippen LogP contribution in [0.15, 0.2) is 52.0 Å². The fourth-order valence-corrected chi connectivity index (χ4v) is 4.04. The first-order chi connectivity index (χ1) is 16.2. The van der Waals surface area contributed by atoms with Crippen molar-refractivity contribution in [1.29, 1.82) is 0 Å². The normalized spacial score (nSPS) is 13.9. The number of carbonyl (C=O) groups is 2. The number of nitrogens with one attached hydrogen (secondary N) is 1. The van der Waals surface area contributed by atoms with Gasteiger partial charge in [0.1, 0.15) is 11.5 Å². The highest BCUT2D eigenvalue weighted by molar-refractivity contribution is 6.06. The molecule has 0 aliphatic heterocycles. The fraction of sp³-hybridized carbons (Fsp3) is 0.240. The molecule has 174 valence electrons. The summed E-state index contributed by atoms with van der Waals surface area (Å²) < 4.78 is 11.4. The van der Waals surface area contributed by atoms with E-state index >= 15 is 0 Å². The number of carbonyl (C=O) groups excluding carboxylic acids is 2. The molecule has 1 aliphatic rings. The van der Waals surface area contributed by atoms with Crippen molar-refractivity contribution in [3.05, 3.63) is 91.9 Å². The summed E-state index contributed by atoms with van der Waals surface area (Å²) in [5, 5.41) is 15.1. The number of ether oxygens (including phenoxy) is 1. The Morgan fingerprint density at radius 2 is 1.74 bits per heavy atom. The van der Waals surface area contributed by atoms with Gasteiger partial charge in [0.2, 0.25) is 5.76 Å². The number of aryl methyl sites for hydroxylation is 3. The first kappa shape index (κ1) is 22.9. The monoisotopic (exact) mass is 461 g/mol. The molecule has 9 nitrogen and oxygen atoms in total. The van der Waals surface area contributed by atoms with Gasteiger partial charge >= 0.3 is 5.97 Å². The first-order valence-electron chi connectivity index (χ1n) is 10.8. The van der Waals surface area contributed by atoms with Crippen LogP contribution in [0.3, 0.4) is 0 Å². The first-order valence-corrected chi connectivity index (χ1v) is 10.8. The average Bonchev–Trinajstić information content (AvgIpc) is 3.14. The van der Waals surface area contributed by atoms with E-state index in [1.54, 1.807) is 19.1 Å². The van der Waals surface area contributed by atoms with Crippen molar-refractivity contribution >= 4 is 23.3 Å². The zero-order valence-corrected chi connectivity index (χ0v) is 19.0. The number of fused-ring (bicyclic) bond motifs is 1. The summed E-state index contributed by atoms with van der Waals surface area (Å²) in [6.45, 7) is 5.61. The van der Waals surface area contributed by atoms with Gasteiger partial charge in [-0.3, -0.25) is 14.9 Å². The molecule has 4 rings (SSSR count). The van der Waals surface area contributed by atoms with Gasteiger partial charge < -0.3 is 9.15 Å². The van der Waals surface area contributed by atoms with E-state index in [-0.39, 0.29) is 17.0 Å². The third-order valence-corrected chi connectivity index (χ3v) is 5.55. The standard InChI is InChI=1S/C25H23N3O6/c1-14-11-15(2)13-19(12-14)33-25(30)23-16(3)22-20(5-4-6-21(22)34-23)26-27-24(29)17-7-9-18(10-8-17)28(31)32/h7-13H,4-6H2,1-3H3,(H,27,29)/b26-20+. The van der Waals surface area contributed by atoms with Gasteiger partial charge in [-0.05, 0) is 69.0 Å². The van der Waals surface area contributed by atoms with Crippen LogP contribution < -0.4 is 10.2 Å². The molecule has 2 aromatic carbocycles. The van der Waals surface area contributed by atoms with Crippen LogP contribution in [0.1, 0.15) is 61.8 Å². The Morgan fingerprint density at radius 1 is 1.06 bits per heavy atom. The Labute approximate surface area is 195 Å². The van der Waals surface area contributed by atoms with Crippen LogP contribution in [0.4, 0.5) is 5.69 Å². The van der Waals surface area contributed by atoms with E-state index in [0.29, 0.717) is 41.2 Å². The molecule has 0 fully saturated rings. The smallest absolute Gasteiger partial charge is 0.379 e. The number of rotatable bonds is 5. The highest BCUT2D eigenvalue weighted by Gasteiger charge is 2.29. The zero-order valence-electron chi connectivity index (χ0n) is 19.0. The molecule has 1 aromatic heterocycles. The number of hydrazone groups is 1. The Bertz CT molecular complexity index is 1300. The SMILES string of the molecule is Cc1cc(C)cc(OC(=O)c2oc3c(c2C)/C(=N/NC(=O)c2ccc([N+](=O)[O-])cc2)CCC3)c1. The number of amides is 1. The molecule has 1 aliphatic carbocycles. The van der Waals surface area contributed by atoms with Crippen LogP contribution in [0.25, 0.3) is 0 Å². The third kappa shape index (κ3) is 4.73. The number of hydrogen-bond donors (Lipinski definition) is 1. The van der Waals surface area contributed by atoms with Crippen LogP contribution in [0.5, 0.6) is 5.75 Å². The Hall–Kier alpha value is -4.27. The molecule has 1 amide bonds. The molecule has 0 unspecified atom stereocenters. The van der Waals surface area contributed by atoms with E-state index in [1.165, 1.54) is 24.3 Å². The van der Waals surface area contributed by atoms with Crippen molar-refractivity contribution < 1.29 is 23.7 Å². The minimum absolute atomic E-state index is 0.103. The predicted octanol–water partition coefficient (Wildman–Crippen LogP) is 4.80. The molecule has 0 bridgehead atoms. The minimum Gasteiger partial charge on any atom is -0.453 e. The third-order valence-electron chi connectivity index (χ3n) is 5.55. The second kappa shape index (κ2) is 9.30. The minimum atomic E-state index is -0.592. The maximum atomic E-state index is 12.8. The molecule has 0 saturated heterocycles. The second-order valence-electron chi connectivity index (χ2n) is 8.22. The average molecular weight is 461 g/mol. The fourth-order valence-electron chi connectivity index (χ4n) is 4.04. The van der Waals surface area contributed by atoms with E-state index in [9.17, 15) is 19.7 Å². The predicted molar refractivity (Wildman–Crippen MR) is 124 cm³/mol. The van der Waals surface area contributed by atoms with Gasteiger partial charge in [-0.1, -0.05) is 6.07 Å². The van der Waals surface area contributed by atoms with Crippen molar-refractivity contribution in [3.63, 3.8) is 0 Å². The summed E-state index contributed by atoms with van der Waals surface area (Å²) in [6.07, 6.45) is 1.99. The van der Waals surface area contributed by atoms with Crippen LogP contribution in [0.2, 0.25) is 0 Å². The highest BCUT2D eigenvalue weighted by atomic mass is 16.6. The van der Waals surface area contributed by atoms with Crippen molar-refractivity contribution in [2.75, 3.05) is 0 Å². The maximum Gasteiger partial charge on any atom is 0.379 e. The topological polar surface area (TPSA) is 124 Å². The maximum absolute atomic E-state index is 12.8. The molecule has 3 aromatic rings. The molecular formula is C25H23N3O6. The van der Waals surface area contributed by atoms with E-state index in [1.807, 2.05) is 19.9 Å². The van der Waals surface area contributed by atoms with Crippen molar-refractivity contribution in [2.45, 2.75) is 40.0 Å². The van der Waals surface area contributed by atoms with Gasteiger partial charge in [0.25, 0.3) is 11.6 Å². The number of nitrogens with zero attached hydrogens (tertiary/aromatic N) is 2. The summed E-state index contributed by atoms with van der Waals surface area (Å²) >= 11 is 0. The Morgan fingerprint density at radius 3 is 2.38 bits per heavy atom. The van der Waals surface area contributed by atoms with E-state index < -0.39 is 16.8 Å². The van der Waals surface area contributed by atoms with Gasteiger partial charge in [0.05, 0.1) is 10.6 Å². The van der Waals surface area contributed by atoms with E-state index in [4.69, 9.17) is 9.15 Å². The van der Waals surface area contributed by atoms with Crippen LogP contribution in [0, 0.1) is 30.9 Å². The van der Waals surface area contributed by atoms with Gasteiger partial charge in [-0.15, -0.1) is 0 Å². The summed E-state index contributed by atoms with van der Waals surface area (Å²) in [6, 6.07) is 10.8. The van der Waals surface area contributed by atoms with Crippen LogP contribution in [-0.4, -0.2) is 22.5 Å². The molecular weight excluding hydrogens is 438 g/mol. The van der Waals surface area contributed by atoms with Gasteiger partial charge in [-0.25, -0.2) is 10.2 Å². The largest absolute Gasteiger partial charge is 0.453 e. The zero-order chi connectivity index (χ0) is 24.4. The number of non-ortho nitro benzene ring substituents is 1. The number of furan rings is 1. The lowest BCUT2D eigenvalue weighted by Gasteiger charge is -2.13. The summed E-state index contributed by atoms with van der Waals surface area (Å²) in [4.78, 5) is 35.5. The van der Waals surface area contributed by atoms with Crippen LogP contribution in [-0.2, 0) is 6.42 Å². The lowest BCUT2D eigenvalue weighted by molar-refractivity contribution is -0.384. The number of nitro groups is 1. The lowest BCUT2D eigenvalue weighted by atomic mass is 9.93. The highest BCUT2D eigenvalue weighted by Crippen LogP contribution is 2.31. The lowest BCUT2D eigenvalue weighted by Crippen LogP contribution is -2.22. The molecule has 1 N–H and O–H groups in total. The quantitative estimate of drug-likeness (QED) is 0.252. The summed E-state index contributed by atoms with van der Waals surface area (Å²) in [7, 11) is 0. The van der Waals surface area contributed by atoms with E-state index in [0.717, 1.165) is 17.5 Å². The van der Waals surface area contributed by atoms with Crippen molar-refractivity contribution in [3.8, 4) is 5.75 Å². The summed E-state index contributed by atoms with van der Waals surface area (Å²) in [5.74, 6) is 0.0942. The Kier molecular flexibility index (Phi) is 6.27. The molecule has 34 heavy (non-hydrogen) atoms. The van der Waals surface area contributed by atoms with Gasteiger partial charge in [-0.2, -0.15) is 5.10 Å². The van der Waals surface area contributed by atoms with Gasteiger partial charge in [0, 0.05) is 35.2 Å². The van der Waals surface area contributed by atoms with Crippen molar-refractivity contribution in [1.82, 2.24) is 5.43 Å². The summed E-state index contributed by atoms with van der Waals surface area (Å²) in [5.41, 5.74) is 6.50. The molecule has 0 saturated carbocycles.